The molecule has 138 valence electrons. The van der Waals surface area contributed by atoms with E-state index in [1.807, 2.05) is 30.3 Å². The van der Waals surface area contributed by atoms with Gasteiger partial charge in [-0.25, -0.2) is 0 Å². The molecule has 0 atom stereocenters. The number of piperazine rings is 1. The minimum atomic E-state index is -0.0758. The zero-order valence-corrected chi connectivity index (χ0v) is 15.2. The lowest BCUT2D eigenvalue weighted by molar-refractivity contribution is 0.0951. The highest BCUT2D eigenvalue weighted by Crippen LogP contribution is 2.22. The Kier molecular flexibility index (Phi) is 6.57. The van der Waals surface area contributed by atoms with E-state index in [0.717, 1.165) is 56.0 Å². The first-order valence-corrected chi connectivity index (χ1v) is 9.07. The molecule has 2 aromatic rings. The maximum Gasteiger partial charge on any atom is 0.252 e. The van der Waals surface area contributed by atoms with E-state index in [1.54, 1.807) is 19.5 Å². The third kappa shape index (κ3) is 5.03. The summed E-state index contributed by atoms with van der Waals surface area (Å²) < 4.78 is 5.18. The zero-order valence-electron chi connectivity index (χ0n) is 15.2. The summed E-state index contributed by atoms with van der Waals surface area (Å²) in [7, 11) is 1.64. The van der Waals surface area contributed by atoms with Gasteiger partial charge in [-0.1, -0.05) is 12.1 Å². The van der Waals surface area contributed by atoms with Crippen molar-refractivity contribution < 1.29 is 9.53 Å². The Hall–Kier alpha value is -2.44. The second kappa shape index (κ2) is 9.31. The smallest absolute Gasteiger partial charge is 0.252 e. The summed E-state index contributed by atoms with van der Waals surface area (Å²) >= 11 is 0. The van der Waals surface area contributed by atoms with Crippen LogP contribution in [0.1, 0.15) is 16.8 Å². The van der Waals surface area contributed by atoms with E-state index in [1.165, 1.54) is 0 Å². The molecule has 1 saturated heterocycles. The Balaban J connectivity index is 1.52. The molecule has 1 fully saturated rings. The van der Waals surface area contributed by atoms with Gasteiger partial charge in [0.05, 0.1) is 12.7 Å². The van der Waals surface area contributed by atoms with Crippen LogP contribution in [0.2, 0.25) is 0 Å². The van der Waals surface area contributed by atoms with E-state index < -0.39 is 0 Å². The molecule has 2 N–H and O–H groups in total. The molecule has 0 radical (unpaired) electrons. The second-order valence-electron chi connectivity index (χ2n) is 6.39. The normalized spacial score (nSPS) is 14.8. The summed E-state index contributed by atoms with van der Waals surface area (Å²) in [6, 6.07) is 9.60. The van der Waals surface area contributed by atoms with E-state index in [9.17, 15) is 4.79 Å². The number of nitrogens with zero attached hydrogens (tertiary/aromatic N) is 2. The molecule has 1 amide bonds. The number of carbonyl (C=O) groups is 1. The van der Waals surface area contributed by atoms with Crippen LogP contribution in [-0.2, 0) is 0 Å². The van der Waals surface area contributed by atoms with Crippen LogP contribution in [0.15, 0.2) is 42.7 Å². The standard InChI is InChI=1S/C20H26N4O2/c1-26-19-5-3-16(4-6-19)17-13-18(15-22-14-17)20(25)23-7-2-10-24-11-8-21-9-12-24/h3-6,13-15,21H,2,7-12H2,1H3,(H,23,25). The molecule has 1 aliphatic rings. The van der Waals surface area contributed by atoms with Crippen LogP contribution >= 0.6 is 0 Å². The molecule has 1 aromatic carbocycles. The average Bonchev–Trinajstić information content (AvgIpc) is 2.72. The predicted molar refractivity (Wildman–Crippen MR) is 102 cm³/mol. The van der Waals surface area contributed by atoms with Crippen LogP contribution in [-0.4, -0.2) is 62.2 Å². The Morgan fingerprint density at radius 1 is 1.19 bits per heavy atom. The zero-order chi connectivity index (χ0) is 18.2. The number of amides is 1. The minimum Gasteiger partial charge on any atom is -0.497 e. The van der Waals surface area contributed by atoms with Crippen molar-refractivity contribution in [2.45, 2.75) is 6.42 Å². The Morgan fingerprint density at radius 3 is 2.69 bits per heavy atom. The van der Waals surface area contributed by atoms with Crippen molar-refractivity contribution in [1.82, 2.24) is 20.5 Å². The van der Waals surface area contributed by atoms with E-state index in [-0.39, 0.29) is 5.91 Å². The number of pyridine rings is 1. The van der Waals surface area contributed by atoms with Crippen LogP contribution in [0, 0.1) is 0 Å². The summed E-state index contributed by atoms with van der Waals surface area (Å²) in [5.41, 5.74) is 2.51. The van der Waals surface area contributed by atoms with Crippen molar-refractivity contribution in [3.05, 3.63) is 48.3 Å². The number of carbonyl (C=O) groups excluding carboxylic acids is 1. The summed E-state index contributed by atoms with van der Waals surface area (Å²) in [5, 5.41) is 6.34. The highest BCUT2D eigenvalue weighted by atomic mass is 16.5. The fraction of sp³-hybridized carbons (Fsp3) is 0.400. The maximum absolute atomic E-state index is 12.4. The number of nitrogens with one attached hydrogen (secondary N) is 2. The average molecular weight is 354 g/mol. The SMILES string of the molecule is COc1ccc(-c2cncc(C(=O)NCCCN3CCNCC3)c2)cc1. The van der Waals surface area contributed by atoms with E-state index in [2.05, 4.69) is 20.5 Å². The van der Waals surface area contributed by atoms with Crippen molar-refractivity contribution in [2.75, 3.05) is 46.4 Å². The molecule has 3 rings (SSSR count). The van der Waals surface area contributed by atoms with Gasteiger partial charge in [-0.2, -0.15) is 0 Å². The summed E-state index contributed by atoms with van der Waals surface area (Å²) in [4.78, 5) is 19.0. The Labute approximate surface area is 154 Å². The quantitative estimate of drug-likeness (QED) is 0.742. The van der Waals surface area contributed by atoms with Crippen LogP contribution in [0.4, 0.5) is 0 Å². The van der Waals surface area contributed by atoms with Gasteiger partial charge < -0.3 is 20.3 Å². The first-order chi connectivity index (χ1) is 12.8. The Bertz CT molecular complexity index is 712. The van der Waals surface area contributed by atoms with E-state index >= 15 is 0 Å². The topological polar surface area (TPSA) is 66.5 Å². The predicted octanol–water partition coefficient (Wildman–Crippen LogP) is 1.78. The van der Waals surface area contributed by atoms with Gasteiger partial charge in [-0.3, -0.25) is 9.78 Å². The molecule has 26 heavy (non-hydrogen) atoms. The number of benzene rings is 1. The van der Waals surface area contributed by atoms with Gasteiger partial charge in [-0.15, -0.1) is 0 Å². The van der Waals surface area contributed by atoms with Gasteiger partial charge in [-0.05, 0) is 36.7 Å². The number of aromatic nitrogens is 1. The van der Waals surface area contributed by atoms with Crippen LogP contribution < -0.4 is 15.4 Å². The molecule has 1 aliphatic heterocycles. The van der Waals surface area contributed by atoms with Crippen molar-refractivity contribution in [1.29, 1.82) is 0 Å². The van der Waals surface area contributed by atoms with Crippen LogP contribution in [0.3, 0.4) is 0 Å². The largest absolute Gasteiger partial charge is 0.497 e. The summed E-state index contributed by atoms with van der Waals surface area (Å²) in [6.45, 7) is 5.97. The van der Waals surface area contributed by atoms with E-state index in [0.29, 0.717) is 12.1 Å². The lowest BCUT2D eigenvalue weighted by Crippen LogP contribution is -2.44. The Morgan fingerprint density at radius 2 is 1.96 bits per heavy atom. The number of ether oxygens (including phenoxy) is 1. The van der Waals surface area contributed by atoms with Gasteiger partial charge >= 0.3 is 0 Å². The molecule has 1 aromatic heterocycles. The van der Waals surface area contributed by atoms with Gasteiger partial charge in [0.1, 0.15) is 5.75 Å². The highest BCUT2D eigenvalue weighted by molar-refractivity contribution is 5.95. The van der Waals surface area contributed by atoms with Crippen LogP contribution in [0.5, 0.6) is 5.75 Å². The van der Waals surface area contributed by atoms with Gasteiger partial charge in [0.2, 0.25) is 0 Å². The minimum absolute atomic E-state index is 0.0758. The third-order valence-corrected chi connectivity index (χ3v) is 4.57. The first kappa shape index (κ1) is 18.4. The molecular weight excluding hydrogens is 328 g/mol. The van der Waals surface area contributed by atoms with Gasteiger partial charge in [0.15, 0.2) is 0 Å². The summed E-state index contributed by atoms with van der Waals surface area (Å²) in [6.07, 6.45) is 4.33. The number of rotatable bonds is 7. The molecule has 6 nitrogen and oxygen atoms in total. The van der Waals surface area contributed by atoms with Crippen molar-refractivity contribution >= 4 is 5.91 Å². The number of methoxy groups -OCH3 is 1. The van der Waals surface area contributed by atoms with Crippen molar-refractivity contribution in [3.63, 3.8) is 0 Å². The van der Waals surface area contributed by atoms with E-state index in [4.69, 9.17) is 4.74 Å². The number of hydrogen-bond acceptors (Lipinski definition) is 5. The highest BCUT2D eigenvalue weighted by Gasteiger charge is 2.10. The third-order valence-electron chi connectivity index (χ3n) is 4.57. The molecule has 2 heterocycles. The molecule has 0 bridgehead atoms. The fourth-order valence-electron chi connectivity index (χ4n) is 3.05. The van der Waals surface area contributed by atoms with Crippen LogP contribution in [0.25, 0.3) is 11.1 Å². The molecule has 0 unspecified atom stereocenters. The lowest BCUT2D eigenvalue weighted by atomic mass is 10.1. The first-order valence-electron chi connectivity index (χ1n) is 9.07. The summed E-state index contributed by atoms with van der Waals surface area (Å²) in [5.74, 6) is 0.730. The molecule has 0 aliphatic carbocycles. The lowest BCUT2D eigenvalue weighted by Gasteiger charge is -2.27. The molecular formula is C20H26N4O2. The molecule has 0 saturated carbocycles. The second-order valence-corrected chi connectivity index (χ2v) is 6.39. The fourth-order valence-corrected chi connectivity index (χ4v) is 3.05. The number of hydrogen-bond donors (Lipinski definition) is 2. The molecule has 0 spiro atoms. The van der Waals surface area contributed by atoms with Crippen molar-refractivity contribution in [2.24, 2.45) is 0 Å². The van der Waals surface area contributed by atoms with Crippen molar-refractivity contribution in [3.8, 4) is 16.9 Å². The van der Waals surface area contributed by atoms with Gasteiger partial charge in [0, 0.05) is 50.7 Å². The monoisotopic (exact) mass is 354 g/mol. The van der Waals surface area contributed by atoms with Gasteiger partial charge in [0.25, 0.3) is 5.91 Å². The molecule has 6 heteroatoms. The maximum atomic E-state index is 12.4.